The van der Waals surface area contributed by atoms with Crippen molar-refractivity contribution in [3.05, 3.63) is 87.6 Å². The number of hydrogen-bond acceptors (Lipinski definition) is 6. The molecule has 2 atom stereocenters. The van der Waals surface area contributed by atoms with Gasteiger partial charge in [-0.05, 0) is 75.1 Å². The van der Waals surface area contributed by atoms with E-state index in [2.05, 4.69) is 23.1 Å². The number of benzene rings is 2. The van der Waals surface area contributed by atoms with Crippen LogP contribution in [0.1, 0.15) is 87.7 Å². The molecule has 0 bridgehead atoms. The van der Waals surface area contributed by atoms with E-state index in [0.29, 0.717) is 17.8 Å². The molecule has 8 nitrogen and oxygen atoms in total. The minimum absolute atomic E-state index is 0.0113. The Hall–Kier alpha value is -3.80. The molecule has 214 valence electrons. The molecule has 2 unspecified atom stereocenters. The lowest BCUT2D eigenvalue weighted by Crippen LogP contribution is -2.36. The number of nitriles is 1. The Kier molecular flexibility index (Phi) is 8.96. The number of unbranched alkanes of at least 4 members (excludes halogenated alkanes) is 1. The molecule has 41 heavy (non-hydrogen) atoms. The lowest BCUT2D eigenvalue weighted by molar-refractivity contribution is -0.0758. The van der Waals surface area contributed by atoms with Crippen LogP contribution < -0.4 is 5.56 Å². The second kappa shape index (κ2) is 12.8. The number of hydrogen-bond donors (Lipinski definition) is 1. The van der Waals surface area contributed by atoms with Gasteiger partial charge in [-0.1, -0.05) is 55.8 Å². The summed E-state index contributed by atoms with van der Waals surface area (Å²) < 4.78 is 9.82. The van der Waals surface area contributed by atoms with Crippen molar-refractivity contribution in [1.82, 2.24) is 19.2 Å². The topological polar surface area (TPSA) is 105 Å². The van der Waals surface area contributed by atoms with Crippen LogP contribution >= 0.6 is 0 Å². The Morgan fingerprint density at radius 1 is 1.10 bits per heavy atom. The smallest absolute Gasteiger partial charge is 0.259 e. The van der Waals surface area contributed by atoms with Crippen molar-refractivity contribution in [2.75, 3.05) is 0 Å². The molecule has 0 saturated heterocycles. The number of aliphatic hydroxyl groups is 1. The van der Waals surface area contributed by atoms with Gasteiger partial charge in [-0.25, -0.2) is 4.52 Å². The summed E-state index contributed by atoms with van der Waals surface area (Å²) in [7, 11) is 0. The summed E-state index contributed by atoms with van der Waals surface area (Å²) in [5, 5.41) is 23.9. The van der Waals surface area contributed by atoms with E-state index in [9.17, 15) is 15.2 Å². The maximum atomic E-state index is 14.3. The van der Waals surface area contributed by atoms with Crippen LogP contribution in [-0.4, -0.2) is 42.6 Å². The third kappa shape index (κ3) is 6.12. The minimum atomic E-state index is -0.515. The molecule has 4 aromatic rings. The van der Waals surface area contributed by atoms with Crippen LogP contribution in [0.3, 0.4) is 0 Å². The molecule has 2 aromatic heterocycles. The molecule has 1 aliphatic rings. The summed E-state index contributed by atoms with van der Waals surface area (Å²) in [5.74, 6) is 0.607. The summed E-state index contributed by atoms with van der Waals surface area (Å²) >= 11 is 0. The summed E-state index contributed by atoms with van der Waals surface area (Å²) in [6.45, 7) is 5.80. The first-order valence-electron chi connectivity index (χ1n) is 14.8. The first-order chi connectivity index (χ1) is 19.9. The van der Waals surface area contributed by atoms with Crippen LogP contribution in [-0.2, 0) is 17.6 Å². The van der Waals surface area contributed by atoms with E-state index in [4.69, 9.17) is 4.74 Å². The van der Waals surface area contributed by atoms with Crippen LogP contribution in [0.15, 0.2) is 59.7 Å². The molecule has 8 heteroatoms. The van der Waals surface area contributed by atoms with E-state index >= 15 is 0 Å². The second-order valence-electron chi connectivity index (χ2n) is 11.2. The Labute approximate surface area is 241 Å². The van der Waals surface area contributed by atoms with Gasteiger partial charge in [-0.15, -0.1) is 0 Å². The second-order valence-corrected chi connectivity index (χ2v) is 11.2. The monoisotopic (exact) mass is 553 g/mol. The van der Waals surface area contributed by atoms with Gasteiger partial charge in [0.15, 0.2) is 0 Å². The highest BCUT2D eigenvalue weighted by Gasteiger charge is 2.29. The zero-order valence-corrected chi connectivity index (χ0v) is 24.2. The molecule has 2 heterocycles. The normalized spacial score (nSPS) is 18.7. The summed E-state index contributed by atoms with van der Waals surface area (Å²) in [5.41, 5.74) is 5.27. The Morgan fingerprint density at radius 2 is 1.83 bits per heavy atom. The highest BCUT2D eigenvalue weighted by Crippen LogP contribution is 2.32. The quantitative estimate of drug-likeness (QED) is 0.273. The average molecular weight is 554 g/mol. The fourth-order valence-electron chi connectivity index (χ4n) is 5.88. The molecule has 0 amide bonds. The van der Waals surface area contributed by atoms with Gasteiger partial charge in [0.2, 0.25) is 5.78 Å². The molecule has 1 aliphatic carbocycles. The lowest BCUT2D eigenvalue weighted by Gasteiger charge is -2.32. The predicted octanol–water partition coefficient (Wildman–Crippen LogP) is 5.63. The Balaban J connectivity index is 1.47. The van der Waals surface area contributed by atoms with Crippen molar-refractivity contribution < 1.29 is 9.84 Å². The number of ether oxygens (including phenoxy) is 1. The number of aromatic nitrogens is 4. The number of aliphatic hydroxyl groups excluding tert-OH is 1. The Morgan fingerprint density at radius 3 is 2.51 bits per heavy atom. The molecule has 1 N–H and O–H groups in total. The molecule has 0 radical (unpaired) electrons. The zero-order chi connectivity index (χ0) is 28.9. The van der Waals surface area contributed by atoms with E-state index in [0.717, 1.165) is 72.9 Å². The fraction of sp³-hybridized carbons (Fsp3) is 0.455. The van der Waals surface area contributed by atoms with Gasteiger partial charge in [0.25, 0.3) is 5.56 Å². The molecule has 5 rings (SSSR count). The van der Waals surface area contributed by atoms with Crippen LogP contribution in [0.5, 0.6) is 0 Å². The maximum Gasteiger partial charge on any atom is 0.259 e. The third-order valence-electron chi connectivity index (χ3n) is 8.38. The van der Waals surface area contributed by atoms with Crippen LogP contribution in [0.4, 0.5) is 0 Å². The highest BCUT2D eigenvalue weighted by molar-refractivity contribution is 5.70. The number of fused-ring (bicyclic) bond motifs is 1. The molecule has 2 aromatic carbocycles. The van der Waals surface area contributed by atoms with E-state index in [1.807, 2.05) is 64.5 Å². The van der Waals surface area contributed by atoms with Crippen molar-refractivity contribution in [3.63, 3.8) is 0 Å². The van der Waals surface area contributed by atoms with E-state index in [-0.39, 0.29) is 23.8 Å². The number of nitrogens with zero attached hydrogens (tertiary/aromatic N) is 5. The number of aryl methyl sites for hydroxylation is 1. The van der Waals surface area contributed by atoms with E-state index in [1.54, 1.807) is 13.3 Å². The third-order valence-corrected chi connectivity index (χ3v) is 8.38. The van der Waals surface area contributed by atoms with Crippen LogP contribution in [0.25, 0.3) is 16.9 Å². The largest absolute Gasteiger partial charge is 0.391 e. The van der Waals surface area contributed by atoms with Crippen molar-refractivity contribution in [2.24, 2.45) is 0 Å². The molecule has 0 spiro atoms. The molecular formula is C33H39N5O3. The minimum Gasteiger partial charge on any atom is -0.391 e. The molecule has 0 aliphatic heterocycles. The van der Waals surface area contributed by atoms with Gasteiger partial charge in [0, 0.05) is 18.0 Å². The van der Waals surface area contributed by atoms with E-state index < -0.39 is 6.10 Å². The van der Waals surface area contributed by atoms with Gasteiger partial charge in [-0.2, -0.15) is 15.3 Å². The van der Waals surface area contributed by atoms with Crippen LogP contribution in [0.2, 0.25) is 0 Å². The van der Waals surface area contributed by atoms with Crippen molar-refractivity contribution >= 4 is 5.78 Å². The van der Waals surface area contributed by atoms with Crippen molar-refractivity contribution in [3.8, 4) is 17.2 Å². The predicted molar refractivity (Wildman–Crippen MR) is 159 cm³/mol. The summed E-state index contributed by atoms with van der Waals surface area (Å²) in [6.07, 6.45) is 7.39. The maximum absolute atomic E-state index is 14.3. The van der Waals surface area contributed by atoms with Crippen molar-refractivity contribution in [1.29, 1.82) is 5.26 Å². The SMILES string of the molecule is CCCCc1c(Cc2ccc(-c3ccccc3C#N)cc2)c(=O)n(C2CCC(OC(C)C(C)O)CC2)c2ncnn12. The number of rotatable bonds is 10. The van der Waals surface area contributed by atoms with Gasteiger partial charge >= 0.3 is 0 Å². The van der Waals surface area contributed by atoms with Gasteiger partial charge in [0.05, 0.1) is 35.6 Å². The zero-order valence-electron chi connectivity index (χ0n) is 24.2. The van der Waals surface area contributed by atoms with Gasteiger partial charge in [0.1, 0.15) is 6.33 Å². The van der Waals surface area contributed by atoms with Gasteiger partial charge < -0.3 is 9.84 Å². The summed E-state index contributed by atoms with van der Waals surface area (Å²) in [4.78, 5) is 18.8. The van der Waals surface area contributed by atoms with Crippen LogP contribution in [0, 0.1) is 11.3 Å². The Bertz CT molecular complexity index is 1570. The lowest BCUT2D eigenvalue weighted by atomic mass is 9.92. The highest BCUT2D eigenvalue weighted by atomic mass is 16.5. The first-order valence-corrected chi connectivity index (χ1v) is 14.8. The van der Waals surface area contributed by atoms with E-state index in [1.165, 1.54) is 0 Å². The van der Waals surface area contributed by atoms with Gasteiger partial charge in [-0.3, -0.25) is 9.36 Å². The first kappa shape index (κ1) is 28.7. The molecular weight excluding hydrogens is 514 g/mol. The standard InChI is InChI=1S/C33H39N5O3/c1-4-5-10-31-30(19-24-11-13-25(14-12-24)29-9-7-6-8-26(29)20-34)32(40)37(33-35-21-36-38(31)33)27-15-17-28(18-16-27)41-23(3)22(2)39/h6-9,11-14,21-23,27-28,39H,4-5,10,15-19H2,1-3H3. The summed E-state index contributed by atoms with van der Waals surface area (Å²) in [6, 6.07) is 18.0. The fourth-order valence-corrected chi connectivity index (χ4v) is 5.88. The van der Waals surface area contributed by atoms with Crippen molar-refractivity contribution in [2.45, 2.75) is 96.5 Å². The molecule has 1 fully saturated rings. The average Bonchev–Trinajstić information content (AvgIpc) is 3.47. The molecule has 1 saturated carbocycles.